The Morgan fingerprint density at radius 2 is 1.91 bits per heavy atom. The monoisotopic (exact) mass is 313 g/mol. The Morgan fingerprint density at radius 3 is 2.45 bits per heavy atom. The van der Waals surface area contributed by atoms with E-state index in [-0.39, 0.29) is 23.6 Å². The van der Waals surface area contributed by atoms with Crippen LogP contribution in [0, 0.1) is 5.41 Å². The Balaban J connectivity index is 1.80. The zero-order valence-corrected chi connectivity index (χ0v) is 14.0. The van der Waals surface area contributed by atoms with Gasteiger partial charge < -0.3 is 19.1 Å². The minimum Gasteiger partial charge on any atom is -0.463 e. The molecule has 2 rings (SSSR count). The lowest BCUT2D eigenvalue weighted by Gasteiger charge is -2.38. The largest absolute Gasteiger partial charge is 0.463 e. The van der Waals surface area contributed by atoms with Crippen molar-refractivity contribution in [3.8, 4) is 0 Å². The molecule has 1 unspecified atom stereocenters. The van der Waals surface area contributed by atoms with E-state index in [4.69, 9.17) is 14.2 Å². The van der Waals surface area contributed by atoms with Gasteiger partial charge in [-0.3, -0.25) is 4.79 Å². The summed E-state index contributed by atoms with van der Waals surface area (Å²) in [7, 11) is 0. The number of rotatable bonds is 2. The minimum absolute atomic E-state index is 0.0167. The summed E-state index contributed by atoms with van der Waals surface area (Å²) in [4.78, 5) is 24.7. The first kappa shape index (κ1) is 17.1. The van der Waals surface area contributed by atoms with Gasteiger partial charge in [0.1, 0.15) is 12.2 Å². The Bertz CT molecular complexity index is 421. The van der Waals surface area contributed by atoms with Gasteiger partial charge in [-0.05, 0) is 45.4 Å². The van der Waals surface area contributed by atoms with Gasteiger partial charge >= 0.3 is 12.1 Å². The second-order valence-electron chi connectivity index (χ2n) is 7.41. The summed E-state index contributed by atoms with van der Waals surface area (Å²) in [5.74, 6) is -0.274. The highest BCUT2D eigenvalue weighted by molar-refractivity contribution is 5.68. The van der Waals surface area contributed by atoms with Crippen molar-refractivity contribution in [1.82, 2.24) is 4.90 Å². The maximum absolute atomic E-state index is 12.1. The summed E-state index contributed by atoms with van der Waals surface area (Å²) in [6.07, 6.45) is 2.45. The van der Waals surface area contributed by atoms with Crippen LogP contribution in [0.4, 0.5) is 4.79 Å². The molecule has 0 N–H and O–H groups in total. The third kappa shape index (κ3) is 4.60. The molecule has 6 nitrogen and oxygen atoms in total. The fraction of sp³-hybridized carbons (Fsp3) is 0.875. The van der Waals surface area contributed by atoms with Gasteiger partial charge in [0.2, 0.25) is 0 Å². The van der Waals surface area contributed by atoms with E-state index in [2.05, 4.69) is 0 Å². The zero-order chi connectivity index (χ0) is 16.4. The van der Waals surface area contributed by atoms with Crippen molar-refractivity contribution in [2.45, 2.75) is 58.7 Å². The van der Waals surface area contributed by atoms with Gasteiger partial charge in [0, 0.05) is 20.0 Å². The van der Waals surface area contributed by atoms with Crippen molar-refractivity contribution >= 4 is 12.1 Å². The highest BCUT2D eigenvalue weighted by atomic mass is 16.6. The smallest absolute Gasteiger partial charge is 0.410 e. The van der Waals surface area contributed by atoms with E-state index in [1.807, 2.05) is 20.8 Å². The molecule has 6 heteroatoms. The quantitative estimate of drug-likeness (QED) is 0.732. The van der Waals surface area contributed by atoms with Crippen LogP contribution in [0.5, 0.6) is 0 Å². The van der Waals surface area contributed by atoms with Crippen molar-refractivity contribution in [2.75, 3.05) is 26.3 Å². The van der Waals surface area contributed by atoms with Gasteiger partial charge in [-0.15, -0.1) is 0 Å². The fourth-order valence-electron chi connectivity index (χ4n) is 3.05. The molecule has 0 bridgehead atoms. The van der Waals surface area contributed by atoms with Crippen LogP contribution >= 0.6 is 0 Å². The molecule has 2 fully saturated rings. The minimum atomic E-state index is -0.461. The molecule has 2 saturated heterocycles. The maximum Gasteiger partial charge on any atom is 0.410 e. The first-order valence-corrected chi connectivity index (χ1v) is 7.92. The number of carbonyl (C=O) groups excluding carboxylic acids is 2. The van der Waals surface area contributed by atoms with Crippen molar-refractivity contribution in [3.63, 3.8) is 0 Å². The first-order valence-electron chi connectivity index (χ1n) is 7.92. The zero-order valence-electron chi connectivity index (χ0n) is 14.0. The van der Waals surface area contributed by atoms with Crippen molar-refractivity contribution < 1.29 is 23.8 Å². The SMILES string of the molecule is CC(=O)OCC1CC2(CCN(C(=O)OC(C)(C)C)CC2)CO1. The van der Waals surface area contributed by atoms with Crippen LogP contribution in [0.25, 0.3) is 0 Å². The van der Waals surface area contributed by atoms with Gasteiger partial charge in [0.25, 0.3) is 0 Å². The summed E-state index contributed by atoms with van der Waals surface area (Å²) >= 11 is 0. The molecule has 2 aliphatic heterocycles. The van der Waals surface area contributed by atoms with Crippen molar-refractivity contribution in [2.24, 2.45) is 5.41 Å². The number of esters is 1. The molecule has 1 amide bonds. The van der Waals surface area contributed by atoms with Crippen LogP contribution < -0.4 is 0 Å². The Hall–Kier alpha value is -1.30. The molecule has 0 aromatic rings. The van der Waals surface area contributed by atoms with Crippen LogP contribution in [0.1, 0.15) is 47.0 Å². The molecule has 2 aliphatic rings. The summed E-state index contributed by atoms with van der Waals surface area (Å²) in [5, 5.41) is 0. The number of carbonyl (C=O) groups is 2. The van der Waals surface area contributed by atoms with Crippen LogP contribution in [0.3, 0.4) is 0 Å². The average Bonchev–Trinajstić information content (AvgIpc) is 2.78. The third-order valence-electron chi connectivity index (χ3n) is 4.23. The van der Waals surface area contributed by atoms with Crippen molar-refractivity contribution in [1.29, 1.82) is 0 Å². The number of nitrogens with zero attached hydrogens (tertiary/aromatic N) is 1. The number of likely N-dealkylation sites (tertiary alicyclic amines) is 1. The van der Waals surface area contributed by atoms with E-state index < -0.39 is 5.60 Å². The number of amides is 1. The van der Waals surface area contributed by atoms with Gasteiger partial charge in [0.15, 0.2) is 0 Å². The van der Waals surface area contributed by atoms with Gasteiger partial charge in [0.05, 0.1) is 12.7 Å². The molecule has 0 aliphatic carbocycles. The van der Waals surface area contributed by atoms with E-state index in [0.29, 0.717) is 26.3 Å². The van der Waals surface area contributed by atoms with Crippen molar-refractivity contribution in [3.05, 3.63) is 0 Å². The van der Waals surface area contributed by atoms with Gasteiger partial charge in [-0.25, -0.2) is 4.79 Å². The molecule has 1 atom stereocenters. The van der Waals surface area contributed by atoms with Crippen LogP contribution in [-0.2, 0) is 19.0 Å². The fourth-order valence-corrected chi connectivity index (χ4v) is 3.05. The standard InChI is InChI=1S/C16H27NO5/c1-12(18)20-10-13-9-16(11-21-13)5-7-17(8-6-16)14(19)22-15(2,3)4/h13H,5-11H2,1-4H3. The topological polar surface area (TPSA) is 65.1 Å². The lowest BCUT2D eigenvalue weighted by molar-refractivity contribution is -0.144. The highest BCUT2D eigenvalue weighted by Gasteiger charge is 2.43. The maximum atomic E-state index is 12.1. The van der Waals surface area contributed by atoms with E-state index in [9.17, 15) is 9.59 Å². The number of hydrogen-bond donors (Lipinski definition) is 0. The molecule has 0 aromatic carbocycles. The second kappa shape index (κ2) is 6.44. The number of piperidine rings is 1. The molecule has 0 saturated carbocycles. The van der Waals surface area contributed by atoms with E-state index in [1.54, 1.807) is 4.90 Å². The lowest BCUT2D eigenvalue weighted by Crippen LogP contribution is -2.45. The molecule has 0 aromatic heterocycles. The molecule has 2 heterocycles. The Kier molecular flexibility index (Phi) is 5.00. The molecule has 0 radical (unpaired) electrons. The summed E-state index contributed by atoms with van der Waals surface area (Å²) in [5.41, 5.74) is -0.346. The predicted molar refractivity (Wildman–Crippen MR) is 80.5 cm³/mol. The number of ether oxygens (including phenoxy) is 3. The van der Waals surface area contributed by atoms with Crippen LogP contribution in [0.15, 0.2) is 0 Å². The normalized spacial score (nSPS) is 24.4. The second-order valence-corrected chi connectivity index (χ2v) is 7.41. The number of hydrogen-bond acceptors (Lipinski definition) is 5. The van der Waals surface area contributed by atoms with Gasteiger partial charge in [-0.2, -0.15) is 0 Å². The predicted octanol–water partition coefficient (Wildman–Crippen LogP) is 2.36. The van der Waals surface area contributed by atoms with E-state index in [1.165, 1.54) is 6.92 Å². The molecular weight excluding hydrogens is 286 g/mol. The first-order chi connectivity index (χ1) is 10.2. The average molecular weight is 313 g/mol. The van der Waals surface area contributed by atoms with Gasteiger partial charge in [-0.1, -0.05) is 0 Å². The summed E-state index contributed by atoms with van der Waals surface area (Å²) < 4.78 is 16.2. The van der Waals surface area contributed by atoms with Crippen LogP contribution in [0.2, 0.25) is 0 Å². The lowest BCUT2D eigenvalue weighted by atomic mass is 9.77. The Labute approximate surface area is 132 Å². The molecule has 22 heavy (non-hydrogen) atoms. The molecule has 1 spiro atoms. The summed E-state index contributed by atoms with van der Waals surface area (Å²) in [6.45, 7) is 9.43. The Morgan fingerprint density at radius 1 is 1.27 bits per heavy atom. The third-order valence-corrected chi connectivity index (χ3v) is 4.23. The highest BCUT2D eigenvalue weighted by Crippen LogP contribution is 2.42. The van der Waals surface area contributed by atoms with E-state index in [0.717, 1.165) is 19.3 Å². The van der Waals surface area contributed by atoms with E-state index >= 15 is 0 Å². The molecular formula is C16H27NO5. The summed E-state index contributed by atoms with van der Waals surface area (Å²) in [6, 6.07) is 0. The van der Waals surface area contributed by atoms with Crippen LogP contribution in [-0.4, -0.2) is 55.0 Å². The molecule has 126 valence electrons.